The molecule has 3 nitrogen and oxygen atoms in total. The van der Waals surface area contributed by atoms with Crippen LogP contribution >= 0.6 is 23.2 Å². The summed E-state index contributed by atoms with van der Waals surface area (Å²) in [5.74, 6) is 0.805. The van der Waals surface area contributed by atoms with Gasteiger partial charge in [-0.1, -0.05) is 47.8 Å². The zero-order valence-electron chi connectivity index (χ0n) is 12.3. The molecule has 112 valence electrons. The summed E-state index contributed by atoms with van der Waals surface area (Å²) in [5.41, 5.74) is 2.90. The first-order valence-corrected chi connectivity index (χ1v) is 7.51. The van der Waals surface area contributed by atoms with Crippen LogP contribution in [-0.4, -0.2) is 18.6 Å². The smallest absolute Gasteiger partial charge is 0.124 e. The molecule has 0 spiro atoms. The van der Waals surface area contributed by atoms with Crippen LogP contribution in [0.15, 0.2) is 30.5 Å². The highest BCUT2D eigenvalue weighted by molar-refractivity contribution is 6.34. The van der Waals surface area contributed by atoms with Crippen molar-refractivity contribution < 1.29 is 4.74 Å². The molecule has 1 heterocycles. The summed E-state index contributed by atoms with van der Waals surface area (Å²) in [6.07, 6.45) is 1.61. The van der Waals surface area contributed by atoms with Gasteiger partial charge in [-0.3, -0.25) is 4.98 Å². The average Bonchev–Trinajstić information content (AvgIpc) is 2.45. The Morgan fingerprint density at radius 2 is 2.05 bits per heavy atom. The van der Waals surface area contributed by atoms with Crippen molar-refractivity contribution in [3.05, 3.63) is 57.3 Å². The van der Waals surface area contributed by atoms with Crippen LogP contribution < -0.4 is 10.1 Å². The maximum Gasteiger partial charge on any atom is 0.124 e. The molecule has 1 aromatic carbocycles. The summed E-state index contributed by atoms with van der Waals surface area (Å²) in [4.78, 5) is 4.40. The quantitative estimate of drug-likeness (QED) is 0.884. The van der Waals surface area contributed by atoms with Crippen molar-refractivity contribution in [1.82, 2.24) is 10.3 Å². The summed E-state index contributed by atoms with van der Waals surface area (Å²) < 4.78 is 5.48. The van der Waals surface area contributed by atoms with Gasteiger partial charge in [-0.2, -0.15) is 0 Å². The van der Waals surface area contributed by atoms with E-state index in [1.807, 2.05) is 26.0 Å². The number of nitrogens with zero attached hydrogens (tertiary/aromatic N) is 1. The number of benzene rings is 1. The zero-order chi connectivity index (χ0) is 15.4. The summed E-state index contributed by atoms with van der Waals surface area (Å²) in [5, 5.41) is 4.47. The minimum Gasteiger partial charge on any atom is -0.496 e. The first-order valence-electron chi connectivity index (χ1n) is 6.75. The molecule has 5 heteroatoms. The van der Waals surface area contributed by atoms with E-state index in [0.29, 0.717) is 10.0 Å². The van der Waals surface area contributed by atoms with E-state index >= 15 is 0 Å². The fraction of sp³-hybridized carbons (Fsp3) is 0.312. The number of halogens is 2. The molecule has 0 fully saturated rings. The van der Waals surface area contributed by atoms with Crippen molar-refractivity contribution in [2.45, 2.75) is 19.9 Å². The molecule has 1 unspecified atom stereocenters. The lowest BCUT2D eigenvalue weighted by Gasteiger charge is -2.22. The van der Waals surface area contributed by atoms with Crippen LogP contribution in [0.2, 0.25) is 10.0 Å². The highest BCUT2D eigenvalue weighted by Gasteiger charge is 2.21. The Labute approximate surface area is 135 Å². The van der Waals surface area contributed by atoms with E-state index in [-0.39, 0.29) is 6.04 Å². The normalized spacial score (nSPS) is 12.2. The van der Waals surface area contributed by atoms with Crippen LogP contribution in [0.1, 0.15) is 29.8 Å². The molecule has 0 saturated heterocycles. The van der Waals surface area contributed by atoms with E-state index in [2.05, 4.69) is 16.4 Å². The number of rotatable bonds is 5. The second-order valence-electron chi connectivity index (χ2n) is 4.76. The van der Waals surface area contributed by atoms with E-state index in [9.17, 15) is 0 Å². The molecule has 21 heavy (non-hydrogen) atoms. The molecule has 2 rings (SSSR count). The second-order valence-corrected chi connectivity index (χ2v) is 5.60. The minimum absolute atomic E-state index is 0.144. The van der Waals surface area contributed by atoms with Gasteiger partial charge >= 0.3 is 0 Å². The van der Waals surface area contributed by atoms with Gasteiger partial charge in [-0.15, -0.1) is 0 Å². The van der Waals surface area contributed by atoms with Crippen LogP contribution in [-0.2, 0) is 0 Å². The Bertz CT molecular complexity index is 632. The number of methoxy groups -OCH3 is 1. The lowest BCUT2D eigenvalue weighted by Crippen LogP contribution is -2.24. The molecule has 1 aromatic heterocycles. The van der Waals surface area contributed by atoms with Gasteiger partial charge in [0.05, 0.1) is 28.9 Å². The van der Waals surface area contributed by atoms with Crippen LogP contribution in [0, 0.1) is 6.92 Å². The van der Waals surface area contributed by atoms with Gasteiger partial charge in [0, 0.05) is 11.8 Å². The predicted octanol–water partition coefficient (Wildman–Crippen LogP) is 4.40. The highest BCUT2D eigenvalue weighted by atomic mass is 35.5. The molecule has 1 N–H and O–H groups in total. The van der Waals surface area contributed by atoms with E-state index in [0.717, 1.165) is 29.1 Å². The Kier molecular flexibility index (Phi) is 5.45. The van der Waals surface area contributed by atoms with Gasteiger partial charge in [0.15, 0.2) is 0 Å². The SMILES string of the molecule is CCNC(c1cc(C)ccc1OC)c1ncc(Cl)cc1Cl. The van der Waals surface area contributed by atoms with Crippen LogP contribution in [0.25, 0.3) is 0 Å². The lowest BCUT2D eigenvalue weighted by atomic mass is 9.99. The van der Waals surface area contributed by atoms with E-state index < -0.39 is 0 Å². The van der Waals surface area contributed by atoms with E-state index in [1.54, 1.807) is 19.4 Å². The Hall–Kier alpha value is -1.29. The Morgan fingerprint density at radius 3 is 2.67 bits per heavy atom. The predicted molar refractivity (Wildman–Crippen MR) is 87.5 cm³/mol. The maximum atomic E-state index is 6.32. The molecule has 0 aliphatic rings. The van der Waals surface area contributed by atoms with Crippen LogP contribution in [0.4, 0.5) is 0 Å². The topological polar surface area (TPSA) is 34.1 Å². The Morgan fingerprint density at radius 1 is 1.29 bits per heavy atom. The second kappa shape index (κ2) is 7.12. The van der Waals surface area contributed by atoms with Gasteiger partial charge in [-0.25, -0.2) is 0 Å². The van der Waals surface area contributed by atoms with Gasteiger partial charge in [0.2, 0.25) is 0 Å². The molecule has 0 amide bonds. The summed E-state index contributed by atoms with van der Waals surface area (Å²) >= 11 is 12.3. The summed E-state index contributed by atoms with van der Waals surface area (Å²) in [6.45, 7) is 4.87. The number of aryl methyl sites for hydroxylation is 1. The molecule has 0 aliphatic heterocycles. The third-order valence-corrected chi connectivity index (χ3v) is 3.72. The molecular formula is C16H18Cl2N2O. The number of hydrogen-bond donors (Lipinski definition) is 1. The number of aromatic nitrogens is 1. The number of nitrogens with one attached hydrogen (secondary N) is 1. The van der Waals surface area contributed by atoms with Gasteiger partial charge in [-0.05, 0) is 25.6 Å². The van der Waals surface area contributed by atoms with Crippen LogP contribution in [0.5, 0.6) is 5.75 Å². The first-order chi connectivity index (χ1) is 10.1. The van der Waals surface area contributed by atoms with Crippen molar-refractivity contribution in [2.75, 3.05) is 13.7 Å². The molecule has 0 radical (unpaired) electrons. The highest BCUT2D eigenvalue weighted by Crippen LogP contribution is 2.33. The largest absolute Gasteiger partial charge is 0.496 e. The fourth-order valence-electron chi connectivity index (χ4n) is 2.27. The van der Waals surface area contributed by atoms with Crippen molar-refractivity contribution in [3.63, 3.8) is 0 Å². The van der Waals surface area contributed by atoms with E-state index in [4.69, 9.17) is 27.9 Å². The average molecular weight is 325 g/mol. The van der Waals surface area contributed by atoms with Crippen molar-refractivity contribution in [1.29, 1.82) is 0 Å². The molecule has 0 bridgehead atoms. The van der Waals surface area contributed by atoms with E-state index in [1.165, 1.54) is 0 Å². The zero-order valence-corrected chi connectivity index (χ0v) is 13.8. The third kappa shape index (κ3) is 3.67. The summed E-state index contributed by atoms with van der Waals surface area (Å²) in [6, 6.07) is 7.62. The van der Waals surface area contributed by atoms with Gasteiger partial charge < -0.3 is 10.1 Å². The maximum absolute atomic E-state index is 6.32. The van der Waals surface area contributed by atoms with Crippen LogP contribution in [0.3, 0.4) is 0 Å². The first kappa shape index (κ1) is 16.1. The lowest BCUT2D eigenvalue weighted by molar-refractivity contribution is 0.403. The van der Waals surface area contributed by atoms with Gasteiger partial charge in [0.25, 0.3) is 0 Å². The number of pyridine rings is 1. The molecule has 0 saturated carbocycles. The molecule has 1 atom stereocenters. The number of hydrogen-bond acceptors (Lipinski definition) is 3. The number of ether oxygens (including phenoxy) is 1. The summed E-state index contributed by atoms with van der Waals surface area (Å²) in [7, 11) is 1.66. The third-order valence-electron chi connectivity index (χ3n) is 3.21. The van der Waals surface area contributed by atoms with Crippen molar-refractivity contribution in [2.24, 2.45) is 0 Å². The van der Waals surface area contributed by atoms with Gasteiger partial charge in [0.1, 0.15) is 5.75 Å². The van der Waals surface area contributed by atoms with Crippen molar-refractivity contribution in [3.8, 4) is 5.75 Å². The standard InChI is InChI=1S/C16H18Cl2N2O/c1-4-19-15(16-13(18)8-11(17)9-20-16)12-7-10(2)5-6-14(12)21-3/h5-9,15,19H,4H2,1-3H3. The van der Waals surface area contributed by atoms with Crippen molar-refractivity contribution >= 4 is 23.2 Å². The monoisotopic (exact) mass is 324 g/mol. The molecule has 0 aliphatic carbocycles. The molecule has 2 aromatic rings. The molecular weight excluding hydrogens is 307 g/mol. The fourth-order valence-corrected chi connectivity index (χ4v) is 2.76. The minimum atomic E-state index is -0.144. The Balaban J connectivity index is 2.55.